The number of carbonyl (C=O) groups excluding carboxylic acids is 1. The molecule has 0 atom stereocenters. The number of carbonyl (C=O) groups is 1. The first kappa shape index (κ1) is 23.0. The van der Waals surface area contributed by atoms with E-state index >= 15 is 0 Å². The molecule has 0 saturated heterocycles. The minimum Gasteiger partial charge on any atom is -0.456 e. The van der Waals surface area contributed by atoms with Gasteiger partial charge in [0.25, 0.3) is 0 Å². The van der Waals surface area contributed by atoms with Crippen molar-refractivity contribution in [2.45, 2.75) is 19.5 Å². The lowest BCUT2D eigenvalue weighted by Crippen LogP contribution is -2.22. The van der Waals surface area contributed by atoms with Crippen molar-refractivity contribution < 1.29 is 31.8 Å². The van der Waals surface area contributed by atoms with Crippen LogP contribution in [0.25, 0.3) is 0 Å². The van der Waals surface area contributed by atoms with Crippen LogP contribution in [0.4, 0.5) is 28.0 Å². The number of nitrogens with one attached hydrogen (secondary N) is 1. The maximum atomic E-state index is 14.3. The maximum Gasteiger partial charge on any atom is 0.420 e. The van der Waals surface area contributed by atoms with Crippen molar-refractivity contribution in [1.29, 1.82) is 0 Å². The Kier molecular flexibility index (Phi) is 7.86. The Hall–Kier alpha value is -2.33. The van der Waals surface area contributed by atoms with Gasteiger partial charge in [-0.15, -0.1) is 0 Å². The van der Waals surface area contributed by atoms with E-state index in [9.17, 15) is 22.4 Å². The minimum absolute atomic E-state index is 0.0374. The lowest BCUT2D eigenvalue weighted by molar-refractivity contribution is -0.137. The van der Waals surface area contributed by atoms with E-state index in [4.69, 9.17) is 21.1 Å². The van der Waals surface area contributed by atoms with Crippen LogP contribution < -0.4 is 9.46 Å². The molecule has 0 aromatic heterocycles. The lowest BCUT2D eigenvalue weighted by atomic mass is 10.2. The van der Waals surface area contributed by atoms with Gasteiger partial charge in [0.1, 0.15) is 11.5 Å². The van der Waals surface area contributed by atoms with Crippen molar-refractivity contribution in [2.75, 3.05) is 18.4 Å². The molecule has 5 nitrogen and oxygen atoms in total. The third-order valence-corrected chi connectivity index (χ3v) is 4.44. The molecule has 0 saturated carbocycles. The van der Waals surface area contributed by atoms with Gasteiger partial charge in [-0.2, -0.15) is 13.2 Å². The molecule has 0 bridgehead atoms. The van der Waals surface area contributed by atoms with Crippen LogP contribution in [-0.4, -0.2) is 24.1 Å². The number of alkyl halides is 3. The maximum absolute atomic E-state index is 14.3. The molecular weight excluding hydrogens is 436 g/mol. The van der Waals surface area contributed by atoms with Crippen molar-refractivity contribution in [3.8, 4) is 11.5 Å². The fourth-order valence-corrected chi connectivity index (χ4v) is 2.71. The topological polar surface area (TPSA) is 50.8 Å². The standard InChI is InChI=1S/C18H17ClF4N2O3S/c1-3-8-27-17(26)25(2)29-24-15-6-5-12(10-14(15)20)28-16-7-4-11(9-13(16)19)18(21,22)23/h4-7,9-10,24H,3,8H2,1-2H3. The molecule has 2 aromatic carbocycles. The normalized spacial score (nSPS) is 11.1. The van der Waals surface area contributed by atoms with Gasteiger partial charge in [-0.05, 0) is 36.8 Å². The molecule has 0 fully saturated rings. The molecule has 0 aliphatic rings. The number of ether oxygens (including phenoxy) is 2. The van der Waals surface area contributed by atoms with Crippen LogP contribution >= 0.6 is 23.7 Å². The van der Waals surface area contributed by atoms with Crippen molar-refractivity contribution in [1.82, 2.24) is 4.31 Å². The SMILES string of the molecule is CCCOC(=O)N(C)SNc1ccc(Oc2ccc(C(F)(F)F)cc2Cl)cc1F. The molecule has 0 radical (unpaired) electrons. The fourth-order valence-electron chi connectivity index (χ4n) is 1.96. The van der Waals surface area contributed by atoms with Crippen LogP contribution in [0.3, 0.4) is 0 Å². The van der Waals surface area contributed by atoms with Crippen LogP contribution in [0.2, 0.25) is 5.02 Å². The van der Waals surface area contributed by atoms with Crippen molar-refractivity contribution >= 4 is 35.5 Å². The van der Waals surface area contributed by atoms with E-state index in [1.54, 1.807) is 0 Å². The number of anilines is 1. The molecule has 0 unspecified atom stereocenters. The highest BCUT2D eigenvalue weighted by atomic mass is 35.5. The number of hydrogen-bond acceptors (Lipinski definition) is 5. The Morgan fingerprint density at radius 3 is 2.55 bits per heavy atom. The zero-order valence-electron chi connectivity index (χ0n) is 15.3. The number of halogens is 5. The van der Waals surface area contributed by atoms with Crippen molar-refractivity contribution in [2.24, 2.45) is 0 Å². The number of amides is 1. The highest BCUT2D eigenvalue weighted by molar-refractivity contribution is 7.98. The summed E-state index contributed by atoms with van der Waals surface area (Å²) in [4.78, 5) is 11.6. The zero-order valence-corrected chi connectivity index (χ0v) is 16.9. The smallest absolute Gasteiger partial charge is 0.420 e. The quantitative estimate of drug-likeness (QED) is 0.372. The number of hydrogen-bond donors (Lipinski definition) is 1. The average molecular weight is 453 g/mol. The highest BCUT2D eigenvalue weighted by Gasteiger charge is 2.31. The van der Waals surface area contributed by atoms with Crippen LogP contribution in [0.5, 0.6) is 11.5 Å². The van der Waals surface area contributed by atoms with Gasteiger partial charge in [0.2, 0.25) is 0 Å². The molecule has 158 valence electrons. The van der Waals surface area contributed by atoms with Crippen LogP contribution in [0.1, 0.15) is 18.9 Å². The highest BCUT2D eigenvalue weighted by Crippen LogP contribution is 2.37. The first-order chi connectivity index (χ1) is 13.6. The molecule has 11 heteroatoms. The summed E-state index contributed by atoms with van der Waals surface area (Å²) in [6.45, 7) is 2.13. The van der Waals surface area contributed by atoms with Crippen molar-refractivity contribution in [3.63, 3.8) is 0 Å². The Morgan fingerprint density at radius 2 is 1.97 bits per heavy atom. The molecule has 0 aliphatic carbocycles. The van der Waals surface area contributed by atoms with E-state index in [0.717, 1.165) is 40.7 Å². The van der Waals surface area contributed by atoms with Gasteiger partial charge in [-0.1, -0.05) is 18.5 Å². The predicted octanol–water partition coefficient (Wildman–Crippen LogP) is 6.74. The van der Waals surface area contributed by atoms with Gasteiger partial charge in [-0.25, -0.2) is 13.5 Å². The predicted molar refractivity (Wildman–Crippen MR) is 104 cm³/mol. The zero-order chi connectivity index (χ0) is 21.6. The summed E-state index contributed by atoms with van der Waals surface area (Å²) < 4.78 is 66.4. The Morgan fingerprint density at radius 1 is 1.24 bits per heavy atom. The summed E-state index contributed by atoms with van der Waals surface area (Å²) in [5.41, 5.74) is -0.852. The van der Waals surface area contributed by atoms with Crippen LogP contribution in [0.15, 0.2) is 36.4 Å². The van der Waals surface area contributed by atoms with Gasteiger partial charge in [-0.3, -0.25) is 0 Å². The fraction of sp³-hybridized carbons (Fsp3) is 0.278. The summed E-state index contributed by atoms with van der Waals surface area (Å²) >= 11 is 6.64. The first-order valence-electron chi connectivity index (χ1n) is 8.29. The number of nitrogens with zero attached hydrogens (tertiary/aromatic N) is 1. The molecule has 1 N–H and O–H groups in total. The summed E-state index contributed by atoms with van der Waals surface area (Å²) in [6, 6.07) is 6.38. The molecule has 2 rings (SSSR count). The Labute approximate surface area is 174 Å². The second-order valence-electron chi connectivity index (χ2n) is 5.69. The lowest BCUT2D eigenvalue weighted by Gasteiger charge is -2.16. The summed E-state index contributed by atoms with van der Waals surface area (Å²) in [7, 11) is 1.46. The van der Waals surface area contributed by atoms with Gasteiger partial charge in [0.15, 0.2) is 5.82 Å². The van der Waals surface area contributed by atoms with E-state index < -0.39 is 23.7 Å². The Balaban J connectivity index is 2.02. The number of rotatable bonds is 7. The second-order valence-corrected chi connectivity index (χ2v) is 7.03. The molecule has 0 spiro atoms. The third-order valence-electron chi connectivity index (χ3n) is 3.41. The van der Waals surface area contributed by atoms with Gasteiger partial charge >= 0.3 is 12.3 Å². The third kappa shape index (κ3) is 6.60. The molecule has 0 heterocycles. The van der Waals surface area contributed by atoms with Crippen LogP contribution in [0, 0.1) is 5.82 Å². The van der Waals surface area contributed by atoms with Gasteiger partial charge < -0.3 is 14.2 Å². The van der Waals surface area contributed by atoms with E-state index in [1.165, 1.54) is 19.2 Å². The van der Waals surface area contributed by atoms with Crippen LogP contribution in [-0.2, 0) is 10.9 Å². The minimum atomic E-state index is -4.53. The summed E-state index contributed by atoms with van der Waals surface area (Å²) in [5.74, 6) is -0.712. The Bertz CT molecular complexity index is 867. The van der Waals surface area contributed by atoms with E-state index in [0.29, 0.717) is 6.42 Å². The average Bonchev–Trinajstić information content (AvgIpc) is 2.65. The van der Waals surface area contributed by atoms with Gasteiger partial charge in [0.05, 0.1) is 35.0 Å². The largest absolute Gasteiger partial charge is 0.456 e. The molecule has 1 amide bonds. The van der Waals surface area contributed by atoms with E-state index in [1.807, 2.05) is 6.92 Å². The first-order valence-corrected chi connectivity index (χ1v) is 9.44. The van der Waals surface area contributed by atoms with Gasteiger partial charge in [0, 0.05) is 13.1 Å². The second kappa shape index (κ2) is 9.93. The molecule has 0 aliphatic heterocycles. The van der Waals surface area contributed by atoms with E-state index in [-0.39, 0.29) is 28.8 Å². The summed E-state index contributed by atoms with van der Waals surface area (Å²) in [5, 5.41) is -0.259. The molecule has 2 aromatic rings. The summed E-state index contributed by atoms with van der Waals surface area (Å²) in [6.07, 6.45) is -4.44. The van der Waals surface area contributed by atoms with E-state index in [2.05, 4.69) is 4.72 Å². The monoisotopic (exact) mass is 452 g/mol. The van der Waals surface area contributed by atoms with Crippen molar-refractivity contribution in [3.05, 3.63) is 52.8 Å². The molecule has 29 heavy (non-hydrogen) atoms. The number of benzene rings is 2. The molecular formula is C18H17ClF4N2O3S.